The van der Waals surface area contributed by atoms with Gasteiger partial charge < -0.3 is 5.61 Å². The Labute approximate surface area is 108 Å². The molecule has 0 aliphatic carbocycles. The van der Waals surface area contributed by atoms with Crippen LogP contribution < -0.4 is 56.1 Å². The third kappa shape index (κ3) is 3.22. The zero-order valence-electron chi connectivity index (χ0n) is 7.12. The van der Waals surface area contributed by atoms with Crippen molar-refractivity contribution in [3.05, 3.63) is 11.8 Å². The molecule has 0 aromatic heterocycles. The van der Waals surface area contributed by atoms with E-state index < -0.39 is 16.2 Å². The van der Waals surface area contributed by atoms with Crippen LogP contribution in [0.3, 0.4) is 0 Å². The van der Waals surface area contributed by atoms with Gasteiger partial charge in [0.1, 0.15) is 6.26 Å². The molecule has 1 rings (SSSR count). The second-order valence-corrected chi connectivity index (χ2v) is 3.09. The fourth-order valence-corrected chi connectivity index (χ4v) is 1.11. The van der Waals surface area contributed by atoms with Crippen molar-refractivity contribution in [2.45, 2.75) is 6.92 Å². The molecule has 0 radical (unpaired) electrons. The van der Waals surface area contributed by atoms with Gasteiger partial charge in [-0.05, 0) is 6.92 Å². The molecular weight excluding hydrogens is 197 g/mol. The maximum atomic E-state index is 10.6. The van der Waals surface area contributed by atoms with Crippen molar-refractivity contribution in [3.63, 3.8) is 0 Å². The summed E-state index contributed by atoms with van der Waals surface area (Å²) in [6.45, 7) is 1.45. The zero-order chi connectivity index (χ0) is 7.78. The summed E-state index contributed by atoms with van der Waals surface area (Å²) in [6.07, 6.45) is 0.897. The van der Waals surface area contributed by atoms with Crippen molar-refractivity contribution < 1.29 is 70.2 Å². The summed E-state index contributed by atoms with van der Waals surface area (Å²) in [6, 6.07) is 0. The van der Waals surface area contributed by atoms with Gasteiger partial charge in [-0.15, -0.1) is 0 Å². The number of hydrogen-bond acceptors (Lipinski definition) is 4. The zero-order valence-corrected chi connectivity index (χ0v) is 10.1. The van der Waals surface area contributed by atoms with Gasteiger partial charge in [-0.3, -0.25) is 4.79 Å². The standard InChI is InChI=1S/C4H5NO4S.K.H/c1-3-2-9-10(7,8)5-4(3)6;;/h2H,1H3,(H,5,6);;/q;+1;-1. The van der Waals surface area contributed by atoms with E-state index >= 15 is 0 Å². The van der Waals surface area contributed by atoms with Gasteiger partial charge in [0.25, 0.3) is 5.91 Å². The van der Waals surface area contributed by atoms with Crippen molar-refractivity contribution in [2.24, 2.45) is 0 Å². The van der Waals surface area contributed by atoms with Crippen LogP contribution in [0.2, 0.25) is 0 Å². The quantitative estimate of drug-likeness (QED) is 0.413. The minimum Gasteiger partial charge on any atom is -1.00 e. The van der Waals surface area contributed by atoms with Crippen molar-refractivity contribution >= 4 is 16.2 Å². The number of carbonyl (C=O) groups is 1. The minimum absolute atomic E-state index is 0. The molecule has 7 heteroatoms. The number of amides is 1. The molecule has 11 heavy (non-hydrogen) atoms. The molecule has 0 saturated heterocycles. The Morgan fingerprint density at radius 1 is 1.64 bits per heavy atom. The number of rotatable bonds is 0. The fourth-order valence-electron chi connectivity index (χ4n) is 0.407. The summed E-state index contributed by atoms with van der Waals surface area (Å²) in [5, 5.41) is 0. The first kappa shape index (κ1) is 11.6. The Bertz CT molecular complexity index is 298. The van der Waals surface area contributed by atoms with Crippen LogP contribution in [0.1, 0.15) is 8.35 Å². The molecule has 0 fully saturated rings. The summed E-state index contributed by atoms with van der Waals surface area (Å²) < 4.78 is 26.6. The van der Waals surface area contributed by atoms with Crippen LogP contribution in [0.25, 0.3) is 0 Å². The van der Waals surface area contributed by atoms with E-state index in [0.29, 0.717) is 0 Å². The minimum atomic E-state index is -3.84. The normalized spacial score (nSPS) is 20.5. The van der Waals surface area contributed by atoms with Crippen LogP contribution in [0.15, 0.2) is 11.8 Å². The Morgan fingerprint density at radius 2 is 2.18 bits per heavy atom. The van der Waals surface area contributed by atoms with E-state index in [2.05, 4.69) is 4.18 Å². The van der Waals surface area contributed by atoms with E-state index in [9.17, 15) is 13.2 Å². The number of carbonyl (C=O) groups excluding carboxylic acids is 1. The van der Waals surface area contributed by atoms with Crippen molar-refractivity contribution in [1.29, 1.82) is 0 Å². The van der Waals surface area contributed by atoms with Crippen LogP contribution >= 0.6 is 0 Å². The van der Waals surface area contributed by atoms with Gasteiger partial charge >= 0.3 is 61.7 Å². The third-order valence-corrected chi connectivity index (χ3v) is 1.71. The number of hydrogen-bond donors (Lipinski definition) is 1. The van der Waals surface area contributed by atoms with Crippen LogP contribution in [-0.4, -0.2) is 14.3 Å². The Hall–Kier alpha value is 0.596. The molecule has 1 heterocycles. The molecule has 1 aliphatic rings. The second kappa shape index (κ2) is 4.01. The molecule has 1 aliphatic heterocycles. The first-order valence-corrected chi connectivity index (χ1v) is 3.84. The van der Waals surface area contributed by atoms with Gasteiger partial charge in [0.15, 0.2) is 0 Å². The van der Waals surface area contributed by atoms with Crippen molar-refractivity contribution in [2.75, 3.05) is 0 Å². The van der Waals surface area contributed by atoms with Crippen LogP contribution in [0, 0.1) is 0 Å². The average Bonchev–Trinajstić information content (AvgIpc) is 1.79. The van der Waals surface area contributed by atoms with Crippen LogP contribution in [0.4, 0.5) is 0 Å². The van der Waals surface area contributed by atoms with Crippen LogP contribution in [-0.2, 0) is 19.3 Å². The third-order valence-electron chi connectivity index (χ3n) is 0.927. The van der Waals surface area contributed by atoms with Gasteiger partial charge in [0.2, 0.25) is 0 Å². The van der Waals surface area contributed by atoms with Gasteiger partial charge in [0, 0.05) is 0 Å². The smallest absolute Gasteiger partial charge is 1.00 e. The summed E-state index contributed by atoms with van der Waals surface area (Å²) in [5.74, 6) is -0.647. The molecule has 0 spiro atoms. The van der Waals surface area contributed by atoms with Gasteiger partial charge in [-0.1, -0.05) is 0 Å². The molecule has 0 unspecified atom stereocenters. The first-order valence-electron chi connectivity index (χ1n) is 2.43. The van der Waals surface area contributed by atoms with Crippen molar-refractivity contribution in [3.8, 4) is 0 Å². The second-order valence-electron chi connectivity index (χ2n) is 1.78. The molecule has 58 valence electrons. The molecule has 1 N–H and O–H groups in total. The summed E-state index contributed by atoms with van der Waals surface area (Å²) in [5.41, 5.74) is 0.231. The van der Waals surface area contributed by atoms with E-state index in [4.69, 9.17) is 0 Å². The molecule has 0 aromatic rings. The molecular formula is C4H6KNO4S. The Kier molecular flexibility index (Phi) is 4.23. The summed E-state index contributed by atoms with van der Waals surface area (Å²) >= 11 is 0. The van der Waals surface area contributed by atoms with E-state index in [1.165, 1.54) is 6.92 Å². The van der Waals surface area contributed by atoms with Gasteiger partial charge in [-0.25, -0.2) is 4.72 Å². The predicted molar refractivity (Wildman–Crippen MR) is 33.0 cm³/mol. The molecule has 0 atom stereocenters. The maximum absolute atomic E-state index is 10.6. The Morgan fingerprint density at radius 3 is 2.55 bits per heavy atom. The fraction of sp³-hybridized carbons (Fsp3) is 0.250. The summed E-state index contributed by atoms with van der Waals surface area (Å²) in [4.78, 5) is 10.6. The first-order chi connectivity index (χ1) is 4.51. The van der Waals surface area contributed by atoms with Gasteiger partial charge in [0.05, 0.1) is 5.57 Å². The average molecular weight is 203 g/mol. The van der Waals surface area contributed by atoms with E-state index in [0.717, 1.165) is 6.26 Å². The Balaban J connectivity index is 0. The number of nitrogens with one attached hydrogen (secondary N) is 1. The SMILES string of the molecule is CC1=COS(=O)(=O)NC1=O.[H-].[K+]. The predicted octanol–water partition coefficient (Wildman–Crippen LogP) is -3.60. The van der Waals surface area contributed by atoms with Gasteiger partial charge in [-0.2, -0.15) is 8.42 Å². The molecule has 1 amide bonds. The van der Waals surface area contributed by atoms with Crippen LogP contribution in [0.5, 0.6) is 0 Å². The van der Waals surface area contributed by atoms with E-state index in [1.54, 1.807) is 4.72 Å². The largest absolute Gasteiger partial charge is 1.00 e. The molecule has 0 saturated carbocycles. The molecule has 0 aromatic carbocycles. The molecule has 5 nitrogen and oxygen atoms in total. The van der Waals surface area contributed by atoms with Crippen molar-refractivity contribution in [1.82, 2.24) is 4.72 Å². The summed E-state index contributed by atoms with van der Waals surface area (Å²) in [7, 11) is -3.84. The maximum Gasteiger partial charge on any atom is 1.00 e. The monoisotopic (exact) mass is 203 g/mol. The molecule has 0 bridgehead atoms. The van der Waals surface area contributed by atoms with E-state index in [-0.39, 0.29) is 58.4 Å². The van der Waals surface area contributed by atoms with E-state index in [1.807, 2.05) is 0 Å². The topological polar surface area (TPSA) is 72.5 Å².